The predicted molar refractivity (Wildman–Crippen MR) is 54.8 cm³/mol. The molecule has 0 aromatic heterocycles. The van der Waals surface area contributed by atoms with Crippen LogP contribution >= 0.6 is 0 Å². The van der Waals surface area contributed by atoms with Gasteiger partial charge in [0.1, 0.15) is 11.2 Å². The number of alkyl halides is 3. The summed E-state index contributed by atoms with van der Waals surface area (Å²) in [4.78, 5) is 11.4. The number of hydrogen-bond donors (Lipinski definition) is 0. The van der Waals surface area contributed by atoms with Crippen molar-refractivity contribution in [1.29, 1.82) is 0 Å². The molecule has 0 unspecified atom stereocenters. The van der Waals surface area contributed by atoms with Gasteiger partial charge in [0.05, 0.1) is 7.11 Å². The van der Waals surface area contributed by atoms with Crippen molar-refractivity contribution in [3.8, 4) is 0 Å². The Hall–Kier alpha value is -1.00. The Morgan fingerprint density at radius 3 is 1.94 bits per heavy atom. The van der Waals surface area contributed by atoms with Gasteiger partial charge in [-0.25, -0.2) is 0 Å². The van der Waals surface area contributed by atoms with Gasteiger partial charge in [0, 0.05) is 12.0 Å². The van der Waals surface area contributed by atoms with Crippen LogP contribution in [0.1, 0.15) is 27.7 Å². The van der Waals surface area contributed by atoms with Gasteiger partial charge in [-0.15, -0.1) is 0 Å². The van der Waals surface area contributed by atoms with Crippen LogP contribution < -0.4 is 0 Å². The molecule has 94 valence electrons. The predicted octanol–water partition coefficient (Wildman–Crippen LogP) is 3.33. The van der Waals surface area contributed by atoms with E-state index in [0.717, 1.165) is 27.0 Å². The molecule has 0 rings (SSSR count). The third-order valence-electron chi connectivity index (χ3n) is 2.39. The lowest BCUT2D eigenvalue weighted by Crippen LogP contribution is -2.35. The van der Waals surface area contributed by atoms with Crippen LogP contribution in [0.15, 0.2) is 11.8 Å². The first-order chi connectivity index (χ1) is 7.04. The Bertz CT molecular complexity index is 288. The number of rotatable bonds is 4. The van der Waals surface area contributed by atoms with E-state index in [1.165, 1.54) is 0 Å². The zero-order valence-corrected chi connectivity index (χ0v) is 10.1. The minimum absolute atomic E-state index is 0.353. The second kappa shape index (κ2) is 4.89. The quantitative estimate of drug-likeness (QED) is 0.554. The second-order valence-corrected chi connectivity index (χ2v) is 4.39. The van der Waals surface area contributed by atoms with Gasteiger partial charge in [-0.3, -0.25) is 4.79 Å². The lowest BCUT2D eigenvalue weighted by Gasteiger charge is -2.29. The summed E-state index contributed by atoms with van der Waals surface area (Å²) in [5, 5.41) is 0. The molecule has 0 spiro atoms. The molecular weight excluding hydrogens is 221 g/mol. The van der Waals surface area contributed by atoms with E-state index in [4.69, 9.17) is 0 Å². The summed E-state index contributed by atoms with van der Waals surface area (Å²) in [6.07, 6.45) is -3.52. The molecule has 0 saturated heterocycles. The van der Waals surface area contributed by atoms with Crippen molar-refractivity contribution in [2.75, 3.05) is 7.11 Å². The van der Waals surface area contributed by atoms with E-state index in [1.54, 1.807) is 13.8 Å². The lowest BCUT2D eigenvalue weighted by atomic mass is 9.88. The normalized spacial score (nSPS) is 14.2. The Balaban J connectivity index is 5.23. The second-order valence-electron chi connectivity index (χ2n) is 4.39. The molecule has 0 aliphatic heterocycles. The summed E-state index contributed by atoms with van der Waals surface area (Å²) in [7, 11) is 1.13. The molecule has 0 aliphatic carbocycles. The molecule has 2 nitrogen and oxygen atoms in total. The maximum absolute atomic E-state index is 12.7. The zero-order valence-electron chi connectivity index (χ0n) is 10.1. The van der Waals surface area contributed by atoms with Crippen LogP contribution in [0.4, 0.5) is 13.2 Å². The molecule has 0 radical (unpaired) electrons. The molecule has 0 aromatic carbocycles. The summed E-state index contributed by atoms with van der Waals surface area (Å²) >= 11 is 0. The maximum atomic E-state index is 12.7. The van der Waals surface area contributed by atoms with Crippen molar-refractivity contribution in [1.82, 2.24) is 0 Å². The Morgan fingerprint density at radius 2 is 1.69 bits per heavy atom. The van der Waals surface area contributed by atoms with Crippen molar-refractivity contribution < 1.29 is 22.7 Å². The van der Waals surface area contributed by atoms with Crippen molar-refractivity contribution >= 4 is 5.78 Å². The first kappa shape index (κ1) is 15.0. The topological polar surface area (TPSA) is 26.3 Å². The number of ketones is 1. The van der Waals surface area contributed by atoms with E-state index >= 15 is 0 Å². The highest BCUT2D eigenvalue weighted by Gasteiger charge is 2.51. The number of hydrogen-bond acceptors (Lipinski definition) is 2. The zero-order chi connectivity index (χ0) is 13.1. The summed E-state index contributed by atoms with van der Waals surface area (Å²) in [5.74, 6) is -1.10. The van der Waals surface area contributed by atoms with Gasteiger partial charge in [0.25, 0.3) is 0 Å². The van der Waals surface area contributed by atoms with Crippen LogP contribution in [0.2, 0.25) is 0 Å². The molecule has 0 aliphatic rings. The van der Waals surface area contributed by atoms with Gasteiger partial charge in [-0.05, 0) is 13.8 Å². The van der Waals surface area contributed by atoms with E-state index in [2.05, 4.69) is 4.74 Å². The third kappa shape index (κ3) is 3.25. The average Bonchev–Trinajstić information content (AvgIpc) is 2.11. The van der Waals surface area contributed by atoms with Crippen molar-refractivity contribution in [3.05, 3.63) is 11.8 Å². The highest BCUT2D eigenvalue weighted by molar-refractivity contribution is 5.91. The number of carbonyl (C=O) groups is 1. The number of halogens is 3. The summed E-state index contributed by atoms with van der Waals surface area (Å²) in [6, 6.07) is 0. The molecule has 0 atom stereocenters. The van der Waals surface area contributed by atoms with E-state index < -0.39 is 11.6 Å². The molecule has 0 heterocycles. The maximum Gasteiger partial charge on any atom is 0.400 e. The van der Waals surface area contributed by atoms with Crippen molar-refractivity contribution in [3.63, 3.8) is 0 Å². The fourth-order valence-electron chi connectivity index (χ4n) is 0.930. The lowest BCUT2D eigenvalue weighted by molar-refractivity contribution is -0.208. The van der Waals surface area contributed by atoms with E-state index in [9.17, 15) is 18.0 Å². The first-order valence-electron chi connectivity index (χ1n) is 4.90. The number of methoxy groups -OCH3 is 1. The molecule has 0 amide bonds. The molecule has 0 aromatic rings. The molecule has 0 bridgehead atoms. The Labute approximate surface area is 93.5 Å². The van der Waals surface area contributed by atoms with Gasteiger partial charge in [0.15, 0.2) is 5.78 Å². The number of allylic oxidation sites excluding steroid dienone is 2. The van der Waals surface area contributed by atoms with Gasteiger partial charge in [0.2, 0.25) is 0 Å². The molecule has 16 heavy (non-hydrogen) atoms. The van der Waals surface area contributed by atoms with Crippen LogP contribution in [-0.4, -0.2) is 19.1 Å². The minimum atomic E-state index is -4.45. The molecule has 5 heteroatoms. The standard InChI is InChI=1S/C11H17F3O2/c1-7(2)8(15)6-9(16-5)10(3,4)11(12,13)14/h6-7H,1-5H3/b9-6-. The summed E-state index contributed by atoms with van der Waals surface area (Å²) in [6.45, 7) is 5.20. The number of ether oxygens (including phenoxy) is 1. The summed E-state index contributed by atoms with van der Waals surface area (Å²) < 4.78 is 42.8. The van der Waals surface area contributed by atoms with Crippen LogP contribution in [0.3, 0.4) is 0 Å². The third-order valence-corrected chi connectivity index (χ3v) is 2.39. The molecule has 0 N–H and O–H groups in total. The Kier molecular flexibility index (Phi) is 4.58. The average molecular weight is 238 g/mol. The van der Waals surface area contributed by atoms with Gasteiger partial charge < -0.3 is 4.74 Å². The van der Waals surface area contributed by atoms with Crippen molar-refractivity contribution in [2.24, 2.45) is 11.3 Å². The SMILES string of the molecule is CO/C(=C\C(=O)C(C)C)C(C)(C)C(F)(F)F. The van der Waals surface area contributed by atoms with Gasteiger partial charge in [-0.2, -0.15) is 13.2 Å². The highest BCUT2D eigenvalue weighted by atomic mass is 19.4. The van der Waals surface area contributed by atoms with Crippen LogP contribution in [-0.2, 0) is 9.53 Å². The van der Waals surface area contributed by atoms with Crippen LogP contribution in [0.25, 0.3) is 0 Å². The van der Waals surface area contributed by atoms with Crippen LogP contribution in [0, 0.1) is 11.3 Å². The largest absolute Gasteiger partial charge is 0.500 e. The van der Waals surface area contributed by atoms with Gasteiger partial charge in [-0.1, -0.05) is 13.8 Å². The molecule has 0 fully saturated rings. The van der Waals surface area contributed by atoms with E-state index in [0.29, 0.717) is 0 Å². The monoisotopic (exact) mass is 238 g/mol. The smallest absolute Gasteiger partial charge is 0.400 e. The van der Waals surface area contributed by atoms with E-state index in [-0.39, 0.29) is 17.5 Å². The fourth-order valence-corrected chi connectivity index (χ4v) is 0.930. The first-order valence-corrected chi connectivity index (χ1v) is 4.90. The minimum Gasteiger partial charge on any atom is -0.500 e. The fraction of sp³-hybridized carbons (Fsp3) is 0.727. The van der Waals surface area contributed by atoms with Crippen LogP contribution in [0.5, 0.6) is 0 Å². The molecular formula is C11H17F3O2. The Morgan fingerprint density at radius 1 is 1.25 bits per heavy atom. The van der Waals surface area contributed by atoms with Gasteiger partial charge >= 0.3 is 6.18 Å². The summed E-state index contributed by atoms with van der Waals surface area (Å²) in [5.41, 5.74) is -2.16. The number of carbonyl (C=O) groups excluding carboxylic acids is 1. The molecule has 0 saturated carbocycles. The van der Waals surface area contributed by atoms with Crippen molar-refractivity contribution in [2.45, 2.75) is 33.9 Å². The van der Waals surface area contributed by atoms with E-state index in [1.807, 2.05) is 0 Å². The highest BCUT2D eigenvalue weighted by Crippen LogP contribution is 2.43.